The van der Waals surface area contributed by atoms with Gasteiger partial charge in [-0.05, 0) is 61.4 Å². The van der Waals surface area contributed by atoms with Gasteiger partial charge in [0.25, 0.3) is 0 Å². The standard InChI is InChI=1S/C17H27NO/c1-6-9-10-17(19)18-16-11-14(7-2)15(8-3)12(4)13(16)5/h11H,6-10H2,1-5H3,(H,18,19). The SMILES string of the molecule is CCCCC(=O)Nc1cc(CC)c(CC)c(C)c1C. The molecule has 0 heterocycles. The van der Waals surface area contributed by atoms with Gasteiger partial charge >= 0.3 is 0 Å². The Kier molecular flexibility index (Phi) is 6.07. The number of rotatable bonds is 6. The average Bonchev–Trinajstić information content (AvgIpc) is 2.41. The number of anilines is 1. The van der Waals surface area contributed by atoms with Gasteiger partial charge in [0.2, 0.25) is 5.91 Å². The van der Waals surface area contributed by atoms with Crippen molar-refractivity contribution in [2.24, 2.45) is 0 Å². The third-order valence-corrected chi connectivity index (χ3v) is 3.89. The van der Waals surface area contributed by atoms with E-state index < -0.39 is 0 Å². The van der Waals surface area contributed by atoms with Crippen molar-refractivity contribution in [2.75, 3.05) is 5.32 Å². The van der Waals surface area contributed by atoms with E-state index in [0.29, 0.717) is 6.42 Å². The van der Waals surface area contributed by atoms with E-state index in [2.05, 4.69) is 46.0 Å². The first-order valence-corrected chi connectivity index (χ1v) is 7.46. The van der Waals surface area contributed by atoms with Crippen molar-refractivity contribution in [1.82, 2.24) is 0 Å². The van der Waals surface area contributed by atoms with Crippen LogP contribution >= 0.6 is 0 Å². The zero-order valence-corrected chi connectivity index (χ0v) is 13.0. The lowest BCUT2D eigenvalue weighted by atomic mass is 9.93. The summed E-state index contributed by atoms with van der Waals surface area (Å²) in [6.07, 6.45) is 4.70. The first-order valence-electron chi connectivity index (χ1n) is 7.46. The number of aryl methyl sites for hydroxylation is 1. The zero-order chi connectivity index (χ0) is 14.4. The molecule has 1 rings (SSSR count). The maximum atomic E-state index is 11.9. The Labute approximate surface area is 117 Å². The van der Waals surface area contributed by atoms with Gasteiger partial charge in [-0.3, -0.25) is 4.79 Å². The van der Waals surface area contributed by atoms with Crippen LogP contribution in [0.2, 0.25) is 0 Å². The van der Waals surface area contributed by atoms with Crippen LogP contribution in [-0.2, 0) is 17.6 Å². The lowest BCUT2D eigenvalue weighted by Gasteiger charge is -2.17. The highest BCUT2D eigenvalue weighted by Gasteiger charge is 2.12. The predicted octanol–water partition coefficient (Wildman–Crippen LogP) is 4.56. The number of benzene rings is 1. The fourth-order valence-corrected chi connectivity index (χ4v) is 2.53. The third kappa shape index (κ3) is 3.82. The van der Waals surface area contributed by atoms with Crippen molar-refractivity contribution in [3.63, 3.8) is 0 Å². The van der Waals surface area contributed by atoms with Crippen molar-refractivity contribution in [1.29, 1.82) is 0 Å². The Morgan fingerprint density at radius 2 is 1.79 bits per heavy atom. The zero-order valence-electron chi connectivity index (χ0n) is 13.0. The normalized spacial score (nSPS) is 10.6. The lowest BCUT2D eigenvalue weighted by molar-refractivity contribution is -0.116. The maximum absolute atomic E-state index is 11.9. The monoisotopic (exact) mass is 261 g/mol. The first-order chi connectivity index (χ1) is 9.04. The number of carbonyl (C=O) groups excluding carboxylic acids is 1. The van der Waals surface area contributed by atoms with Crippen molar-refractivity contribution < 1.29 is 4.79 Å². The summed E-state index contributed by atoms with van der Waals surface area (Å²) in [4.78, 5) is 11.9. The van der Waals surface area contributed by atoms with Crippen LogP contribution in [0.1, 0.15) is 62.3 Å². The van der Waals surface area contributed by atoms with Crippen molar-refractivity contribution in [3.8, 4) is 0 Å². The Bertz CT molecular complexity index is 449. The number of amides is 1. The highest BCUT2D eigenvalue weighted by Crippen LogP contribution is 2.27. The number of carbonyl (C=O) groups is 1. The van der Waals surface area contributed by atoms with Crippen LogP contribution < -0.4 is 5.32 Å². The van der Waals surface area contributed by atoms with Gasteiger partial charge in [-0.1, -0.05) is 27.2 Å². The number of nitrogens with one attached hydrogen (secondary N) is 1. The molecule has 0 atom stereocenters. The lowest BCUT2D eigenvalue weighted by Crippen LogP contribution is -2.13. The summed E-state index contributed by atoms with van der Waals surface area (Å²) in [5.41, 5.74) is 6.32. The topological polar surface area (TPSA) is 29.1 Å². The van der Waals surface area contributed by atoms with E-state index in [1.165, 1.54) is 22.3 Å². The van der Waals surface area contributed by atoms with Gasteiger partial charge < -0.3 is 5.32 Å². The molecule has 0 spiro atoms. The van der Waals surface area contributed by atoms with Gasteiger partial charge in [-0.25, -0.2) is 0 Å². The molecule has 106 valence electrons. The molecule has 0 unspecified atom stereocenters. The Morgan fingerprint density at radius 3 is 2.32 bits per heavy atom. The third-order valence-electron chi connectivity index (χ3n) is 3.89. The van der Waals surface area contributed by atoms with Gasteiger partial charge in [0, 0.05) is 12.1 Å². The highest BCUT2D eigenvalue weighted by molar-refractivity contribution is 5.91. The van der Waals surface area contributed by atoms with Crippen LogP contribution in [0.15, 0.2) is 6.07 Å². The van der Waals surface area contributed by atoms with Crippen molar-refractivity contribution in [2.45, 2.75) is 66.7 Å². The van der Waals surface area contributed by atoms with Crippen LogP contribution in [0.25, 0.3) is 0 Å². The molecule has 1 N–H and O–H groups in total. The summed E-state index contributed by atoms with van der Waals surface area (Å²) in [6, 6.07) is 2.16. The smallest absolute Gasteiger partial charge is 0.224 e. The summed E-state index contributed by atoms with van der Waals surface area (Å²) < 4.78 is 0. The van der Waals surface area contributed by atoms with Crippen LogP contribution in [0.3, 0.4) is 0 Å². The molecular weight excluding hydrogens is 234 g/mol. The van der Waals surface area contributed by atoms with Crippen LogP contribution in [0.4, 0.5) is 5.69 Å². The fraction of sp³-hybridized carbons (Fsp3) is 0.588. The molecule has 2 nitrogen and oxygen atoms in total. The molecule has 0 aliphatic carbocycles. The molecule has 0 saturated heterocycles. The van der Waals surface area contributed by atoms with E-state index in [-0.39, 0.29) is 5.91 Å². The molecule has 2 heteroatoms. The maximum Gasteiger partial charge on any atom is 0.224 e. The van der Waals surface area contributed by atoms with Gasteiger partial charge in [0.05, 0.1) is 0 Å². The molecule has 0 aliphatic heterocycles. The number of unbranched alkanes of at least 4 members (excludes halogenated alkanes) is 1. The predicted molar refractivity (Wildman–Crippen MR) is 82.8 cm³/mol. The van der Waals surface area contributed by atoms with E-state index in [0.717, 1.165) is 31.4 Å². The molecule has 19 heavy (non-hydrogen) atoms. The van der Waals surface area contributed by atoms with E-state index >= 15 is 0 Å². The molecule has 0 saturated carbocycles. The summed E-state index contributed by atoms with van der Waals surface area (Å²) in [5, 5.41) is 3.07. The summed E-state index contributed by atoms with van der Waals surface area (Å²) >= 11 is 0. The molecule has 0 bridgehead atoms. The van der Waals surface area contributed by atoms with Gasteiger partial charge in [0.15, 0.2) is 0 Å². The number of hydrogen-bond donors (Lipinski definition) is 1. The molecule has 1 amide bonds. The molecule has 0 fully saturated rings. The minimum absolute atomic E-state index is 0.135. The average molecular weight is 261 g/mol. The van der Waals surface area contributed by atoms with Crippen LogP contribution in [-0.4, -0.2) is 5.91 Å². The second-order valence-electron chi connectivity index (χ2n) is 5.17. The molecule has 0 radical (unpaired) electrons. The quantitative estimate of drug-likeness (QED) is 0.799. The van der Waals surface area contributed by atoms with Gasteiger partial charge in [-0.15, -0.1) is 0 Å². The molecule has 1 aromatic carbocycles. The van der Waals surface area contributed by atoms with Crippen molar-refractivity contribution >= 4 is 11.6 Å². The number of hydrogen-bond acceptors (Lipinski definition) is 1. The Morgan fingerprint density at radius 1 is 1.11 bits per heavy atom. The minimum atomic E-state index is 0.135. The highest BCUT2D eigenvalue weighted by atomic mass is 16.1. The fourth-order valence-electron chi connectivity index (χ4n) is 2.53. The molecule has 0 aliphatic rings. The molecule has 0 aromatic heterocycles. The van der Waals surface area contributed by atoms with Gasteiger partial charge in [-0.2, -0.15) is 0 Å². The molecule has 1 aromatic rings. The summed E-state index contributed by atoms with van der Waals surface area (Å²) in [5.74, 6) is 0.135. The van der Waals surface area contributed by atoms with Crippen LogP contribution in [0.5, 0.6) is 0 Å². The second kappa shape index (κ2) is 7.32. The van der Waals surface area contributed by atoms with E-state index in [9.17, 15) is 4.79 Å². The van der Waals surface area contributed by atoms with Gasteiger partial charge in [0.1, 0.15) is 0 Å². The van der Waals surface area contributed by atoms with Crippen molar-refractivity contribution in [3.05, 3.63) is 28.3 Å². The van der Waals surface area contributed by atoms with E-state index in [4.69, 9.17) is 0 Å². The largest absolute Gasteiger partial charge is 0.326 e. The van der Waals surface area contributed by atoms with E-state index in [1.807, 2.05) is 0 Å². The van der Waals surface area contributed by atoms with Crippen LogP contribution in [0, 0.1) is 13.8 Å². The Balaban J connectivity index is 3.02. The Hall–Kier alpha value is -1.31. The molecular formula is C17H27NO. The minimum Gasteiger partial charge on any atom is -0.326 e. The first kappa shape index (κ1) is 15.7. The van der Waals surface area contributed by atoms with E-state index in [1.54, 1.807) is 0 Å². The summed E-state index contributed by atoms with van der Waals surface area (Å²) in [7, 11) is 0. The summed E-state index contributed by atoms with van der Waals surface area (Å²) in [6.45, 7) is 10.7. The second-order valence-corrected chi connectivity index (χ2v) is 5.17.